The second kappa shape index (κ2) is 7.42. The average molecular weight is 425 g/mol. The minimum Gasteiger partial charge on any atom is -0.479 e. The van der Waals surface area contributed by atoms with Crippen LogP contribution in [0.2, 0.25) is 10.0 Å². The lowest BCUT2D eigenvalue weighted by atomic mass is 10.1. The molecule has 0 spiro atoms. The monoisotopic (exact) mass is 424 g/mol. The molecule has 0 bridgehead atoms. The molecule has 0 aliphatic heterocycles. The molecule has 0 aliphatic rings. The number of nitrogens with zero attached hydrogens (tertiary/aromatic N) is 2. The highest BCUT2D eigenvalue weighted by atomic mass is 35.5. The topological polar surface area (TPSA) is 98.5 Å². The number of halogens is 3. The number of hydrogen-bond donors (Lipinski definition) is 1. The summed E-state index contributed by atoms with van der Waals surface area (Å²) < 4.78 is 45.0. The fourth-order valence-corrected chi connectivity index (χ4v) is 4.07. The second-order valence-electron chi connectivity index (χ2n) is 5.36. The van der Waals surface area contributed by atoms with Gasteiger partial charge in [0.05, 0.1) is 10.8 Å². The summed E-state index contributed by atoms with van der Waals surface area (Å²) in [6.45, 7) is 2.72. The fraction of sp³-hybridized carbons (Fsp3) is 0.333. The number of hydrogen-bond acceptors (Lipinski definition) is 5. The van der Waals surface area contributed by atoms with E-state index in [0.717, 1.165) is 16.8 Å². The van der Waals surface area contributed by atoms with Crippen LogP contribution in [0.15, 0.2) is 17.2 Å². The zero-order valence-electron chi connectivity index (χ0n) is 14.0. The quantitative estimate of drug-likeness (QED) is 0.764. The molecule has 142 valence electrons. The molecule has 0 saturated heterocycles. The molecular weight excluding hydrogens is 410 g/mol. The van der Waals surface area contributed by atoms with Crippen LogP contribution in [0.4, 0.5) is 4.39 Å². The van der Waals surface area contributed by atoms with Crippen molar-refractivity contribution in [1.29, 1.82) is 0 Å². The van der Waals surface area contributed by atoms with Crippen LogP contribution in [0, 0.1) is 5.82 Å². The summed E-state index contributed by atoms with van der Waals surface area (Å²) in [4.78, 5) is 10.9. The molecule has 7 nitrogen and oxygen atoms in total. The normalized spacial score (nSPS) is 12.8. The predicted octanol–water partition coefficient (Wildman–Crippen LogP) is 3.18. The number of rotatable bonds is 6. The van der Waals surface area contributed by atoms with Crippen molar-refractivity contribution in [1.82, 2.24) is 9.78 Å². The van der Waals surface area contributed by atoms with Crippen molar-refractivity contribution >= 4 is 39.0 Å². The molecule has 0 aliphatic carbocycles. The van der Waals surface area contributed by atoms with Crippen molar-refractivity contribution in [2.24, 2.45) is 7.05 Å². The molecule has 1 heterocycles. The lowest BCUT2D eigenvalue weighted by Gasteiger charge is -2.13. The van der Waals surface area contributed by atoms with Crippen molar-refractivity contribution in [2.75, 3.05) is 5.75 Å². The van der Waals surface area contributed by atoms with Gasteiger partial charge in [0.15, 0.2) is 21.0 Å². The molecule has 1 N–H and O–H groups in total. The van der Waals surface area contributed by atoms with Crippen molar-refractivity contribution in [3.05, 3.63) is 28.0 Å². The van der Waals surface area contributed by atoms with Crippen LogP contribution >= 0.6 is 23.2 Å². The van der Waals surface area contributed by atoms with E-state index in [9.17, 15) is 17.6 Å². The molecule has 0 fully saturated rings. The summed E-state index contributed by atoms with van der Waals surface area (Å²) in [6.07, 6.45) is -1.24. The molecule has 1 atom stereocenters. The number of aliphatic carboxylic acids is 1. The molecule has 2 rings (SSSR count). The van der Waals surface area contributed by atoms with Gasteiger partial charge < -0.3 is 9.84 Å². The first-order chi connectivity index (χ1) is 12.0. The first-order valence-corrected chi connectivity index (χ1v) is 9.74. The maximum atomic E-state index is 14.4. The van der Waals surface area contributed by atoms with Crippen LogP contribution in [-0.4, -0.2) is 41.1 Å². The summed E-state index contributed by atoms with van der Waals surface area (Å²) in [5.41, 5.74) is -0.289. The Bertz CT molecular complexity index is 975. The number of aryl methyl sites for hydroxylation is 1. The van der Waals surface area contributed by atoms with Gasteiger partial charge in [-0.1, -0.05) is 30.1 Å². The van der Waals surface area contributed by atoms with Gasteiger partial charge >= 0.3 is 5.97 Å². The summed E-state index contributed by atoms with van der Waals surface area (Å²) in [5, 5.41) is 12.3. The molecule has 0 amide bonds. The Morgan fingerprint density at radius 3 is 2.58 bits per heavy atom. The largest absolute Gasteiger partial charge is 0.479 e. The number of benzene rings is 1. The summed E-state index contributed by atoms with van der Waals surface area (Å²) >= 11 is 12.0. The number of ether oxygens (including phenoxy) is 1. The highest BCUT2D eigenvalue weighted by molar-refractivity contribution is 7.91. The van der Waals surface area contributed by atoms with E-state index >= 15 is 0 Å². The van der Waals surface area contributed by atoms with Gasteiger partial charge in [0, 0.05) is 12.6 Å². The lowest BCUT2D eigenvalue weighted by Crippen LogP contribution is -2.23. The van der Waals surface area contributed by atoms with Gasteiger partial charge in [-0.2, -0.15) is 5.10 Å². The predicted molar refractivity (Wildman–Crippen MR) is 94.1 cm³/mol. The SMILES string of the molecule is CCS(=O)(=O)c1c(Cl)c(-c2cc(OC(C)C(=O)O)c(Cl)cc2F)nn1C. The standard InChI is InChI=1S/C15H15Cl2FN2O5S/c1-4-26(23,24)14-12(17)13(19-20(14)3)8-5-11(9(16)6-10(8)18)25-7(2)15(21)22/h5-7H,4H2,1-3H3,(H,21,22). The third kappa shape index (κ3) is 3.79. The summed E-state index contributed by atoms with van der Waals surface area (Å²) in [7, 11) is -2.33. The van der Waals surface area contributed by atoms with Crippen LogP contribution < -0.4 is 4.74 Å². The molecule has 26 heavy (non-hydrogen) atoms. The van der Waals surface area contributed by atoms with E-state index in [2.05, 4.69) is 5.10 Å². The maximum Gasteiger partial charge on any atom is 0.344 e. The number of carbonyl (C=O) groups is 1. The van der Waals surface area contributed by atoms with Gasteiger partial charge in [-0.25, -0.2) is 17.6 Å². The number of sulfone groups is 1. The van der Waals surface area contributed by atoms with Gasteiger partial charge in [-0.05, 0) is 19.1 Å². The summed E-state index contributed by atoms with van der Waals surface area (Å²) in [6, 6.07) is 2.05. The van der Waals surface area contributed by atoms with E-state index < -0.39 is 27.7 Å². The Morgan fingerprint density at radius 2 is 2.04 bits per heavy atom. The van der Waals surface area contributed by atoms with E-state index in [1.165, 1.54) is 20.9 Å². The number of aromatic nitrogens is 2. The van der Waals surface area contributed by atoms with Crippen molar-refractivity contribution in [3.8, 4) is 17.0 Å². The van der Waals surface area contributed by atoms with E-state index in [-0.39, 0.29) is 37.8 Å². The van der Waals surface area contributed by atoms with E-state index in [1.54, 1.807) is 0 Å². The first kappa shape index (κ1) is 20.5. The molecule has 1 aromatic heterocycles. The molecule has 11 heteroatoms. The Morgan fingerprint density at radius 1 is 1.42 bits per heavy atom. The fourth-order valence-electron chi connectivity index (χ4n) is 2.17. The maximum absolute atomic E-state index is 14.4. The van der Waals surface area contributed by atoms with Crippen LogP contribution in [0.25, 0.3) is 11.3 Å². The molecule has 2 aromatic rings. The minimum absolute atomic E-state index is 0.0976. The number of carboxylic acid groups (broad SMARTS) is 1. The molecule has 0 saturated carbocycles. The molecule has 1 unspecified atom stereocenters. The Balaban J connectivity index is 2.63. The van der Waals surface area contributed by atoms with Crippen LogP contribution in [-0.2, 0) is 21.7 Å². The Labute approximate surface area is 159 Å². The second-order valence-corrected chi connectivity index (χ2v) is 8.33. The van der Waals surface area contributed by atoms with Gasteiger partial charge in [-0.15, -0.1) is 0 Å². The van der Waals surface area contributed by atoms with Crippen molar-refractivity contribution in [2.45, 2.75) is 25.0 Å². The smallest absolute Gasteiger partial charge is 0.344 e. The Hall–Kier alpha value is -1.84. The van der Waals surface area contributed by atoms with Gasteiger partial charge in [0.2, 0.25) is 0 Å². The summed E-state index contributed by atoms with van der Waals surface area (Å²) in [5.74, 6) is -2.36. The highest BCUT2D eigenvalue weighted by Crippen LogP contribution is 2.38. The van der Waals surface area contributed by atoms with Crippen LogP contribution in [0.1, 0.15) is 13.8 Å². The van der Waals surface area contributed by atoms with Crippen LogP contribution in [0.3, 0.4) is 0 Å². The minimum atomic E-state index is -3.70. The van der Waals surface area contributed by atoms with Crippen molar-refractivity contribution in [3.63, 3.8) is 0 Å². The lowest BCUT2D eigenvalue weighted by molar-refractivity contribution is -0.144. The number of carboxylic acids is 1. The highest BCUT2D eigenvalue weighted by Gasteiger charge is 2.27. The van der Waals surface area contributed by atoms with E-state index in [0.29, 0.717) is 0 Å². The molecular formula is C15H15Cl2FN2O5S. The van der Waals surface area contributed by atoms with E-state index in [1.807, 2.05) is 0 Å². The van der Waals surface area contributed by atoms with Crippen molar-refractivity contribution < 1.29 is 27.4 Å². The van der Waals surface area contributed by atoms with E-state index in [4.69, 9.17) is 33.0 Å². The first-order valence-electron chi connectivity index (χ1n) is 7.33. The molecule has 1 aromatic carbocycles. The van der Waals surface area contributed by atoms with Gasteiger partial charge in [0.25, 0.3) is 0 Å². The zero-order valence-corrected chi connectivity index (χ0v) is 16.3. The third-order valence-corrected chi connectivity index (χ3v) is 6.13. The molecule has 0 radical (unpaired) electrons. The third-order valence-electron chi connectivity index (χ3n) is 3.54. The van der Waals surface area contributed by atoms with Crippen LogP contribution in [0.5, 0.6) is 5.75 Å². The Kier molecular flexibility index (Phi) is 5.84. The zero-order chi connectivity index (χ0) is 19.8. The van der Waals surface area contributed by atoms with Gasteiger partial charge in [-0.3, -0.25) is 4.68 Å². The van der Waals surface area contributed by atoms with Gasteiger partial charge in [0.1, 0.15) is 22.3 Å². The average Bonchev–Trinajstić information content (AvgIpc) is 2.84.